The van der Waals surface area contributed by atoms with E-state index in [-0.39, 0.29) is 10.5 Å². The molecule has 0 aliphatic carbocycles. The highest BCUT2D eigenvalue weighted by molar-refractivity contribution is 9.10. The number of hydrogen-bond donors (Lipinski definition) is 2. The van der Waals surface area contributed by atoms with Crippen molar-refractivity contribution in [1.82, 2.24) is 0 Å². The molecule has 0 aliphatic heterocycles. The molecule has 0 aliphatic rings. The molecule has 3 aromatic rings. The van der Waals surface area contributed by atoms with E-state index in [2.05, 4.69) is 21.2 Å². The molecule has 9 heteroatoms. The van der Waals surface area contributed by atoms with Gasteiger partial charge in [-0.3, -0.25) is 4.79 Å². The standard InChI is InChI=1S/C19H14BrClN2O4S/c20-16-10-9-14(28(22,25)26)11-15(16)19(24)23-12-5-7-13(8-6-12)27-18-4-2-1-3-17(18)21/h1-11H,(H,23,24)(H2,22,25,26). The predicted molar refractivity (Wildman–Crippen MR) is 111 cm³/mol. The smallest absolute Gasteiger partial charge is 0.256 e. The molecule has 3 rings (SSSR count). The van der Waals surface area contributed by atoms with Gasteiger partial charge in [-0.05, 0) is 70.5 Å². The van der Waals surface area contributed by atoms with Gasteiger partial charge in [0.2, 0.25) is 10.0 Å². The summed E-state index contributed by atoms with van der Waals surface area (Å²) < 4.78 is 29.1. The molecule has 0 atom stereocenters. The second-order valence-electron chi connectivity index (χ2n) is 5.70. The van der Waals surface area contributed by atoms with Crippen LogP contribution in [0.25, 0.3) is 0 Å². The van der Waals surface area contributed by atoms with E-state index >= 15 is 0 Å². The molecule has 0 saturated carbocycles. The third-order valence-corrected chi connectivity index (χ3v) is 5.60. The van der Waals surface area contributed by atoms with Gasteiger partial charge in [-0.1, -0.05) is 23.7 Å². The Balaban J connectivity index is 1.76. The van der Waals surface area contributed by atoms with Crippen LogP contribution in [0, 0.1) is 0 Å². The Labute approximate surface area is 175 Å². The van der Waals surface area contributed by atoms with Gasteiger partial charge in [0.1, 0.15) is 11.5 Å². The highest BCUT2D eigenvalue weighted by atomic mass is 79.9. The first-order valence-electron chi connectivity index (χ1n) is 7.90. The monoisotopic (exact) mass is 480 g/mol. The van der Waals surface area contributed by atoms with Gasteiger partial charge in [0.25, 0.3) is 5.91 Å². The number of sulfonamides is 1. The normalized spacial score (nSPS) is 11.1. The molecular formula is C19H14BrClN2O4S. The summed E-state index contributed by atoms with van der Waals surface area (Å²) in [6.45, 7) is 0. The molecule has 144 valence electrons. The van der Waals surface area contributed by atoms with Gasteiger partial charge < -0.3 is 10.1 Å². The number of para-hydroxylation sites is 1. The van der Waals surface area contributed by atoms with E-state index in [1.165, 1.54) is 18.2 Å². The van der Waals surface area contributed by atoms with Crippen LogP contribution >= 0.6 is 27.5 Å². The van der Waals surface area contributed by atoms with Crippen molar-refractivity contribution in [2.45, 2.75) is 4.90 Å². The van der Waals surface area contributed by atoms with Crippen LogP contribution in [0.1, 0.15) is 10.4 Å². The summed E-state index contributed by atoms with van der Waals surface area (Å²) >= 11 is 9.30. The van der Waals surface area contributed by atoms with Gasteiger partial charge in [-0.25, -0.2) is 13.6 Å². The molecule has 3 aromatic carbocycles. The SMILES string of the molecule is NS(=O)(=O)c1ccc(Br)c(C(=O)Nc2ccc(Oc3ccccc3Cl)cc2)c1. The summed E-state index contributed by atoms with van der Waals surface area (Å²) in [5, 5.41) is 8.30. The first-order chi connectivity index (χ1) is 13.2. The van der Waals surface area contributed by atoms with E-state index in [4.69, 9.17) is 21.5 Å². The van der Waals surface area contributed by atoms with Crippen molar-refractivity contribution in [3.8, 4) is 11.5 Å². The number of anilines is 1. The van der Waals surface area contributed by atoms with Crippen LogP contribution in [0.3, 0.4) is 0 Å². The van der Waals surface area contributed by atoms with Crippen molar-refractivity contribution in [2.24, 2.45) is 5.14 Å². The number of nitrogens with one attached hydrogen (secondary N) is 1. The predicted octanol–water partition coefficient (Wildman–Crippen LogP) is 4.79. The number of benzene rings is 3. The van der Waals surface area contributed by atoms with Crippen molar-refractivity contribution in [2.75, 3.05) is 5.32 Å². The van der Waals surface area contributed by atoms with Gasteiger partial charge in [-0.15, -0.1) is 0 Å². The summed E-state index contributed by atoms with van der Waals surface area (Å²) in [6, 6.07) is 17.7. The van der Waals surface area contributed by atoms with Crippen LogP contribution in [0.5, 0.6) is 11.5 Å². The van der Waals surface area contributed by atoms with Crippen LogP contribution in [0.2, 0.25) is 5.02 Å². The number of amides is 1. The Hall–Kier alpha value is -2.39. The lowest BCUT2D eigenvalue weighted by atomic mass is 10.2. The topological polar surface area (TPSA) is 98.5 Å². The lowest BCUT2D eigenvalue weighted by molar-refractivity contribution is 0.102. The fraction of sp³-hybridized carbons (Fsp3) is 0. The zero-order chi connectivity index (χ0) is 20.3. The number of carbonyl (C=O) groups excluding carboxylic acids is 1. The Morgan fingerprint density at radius 3 is 2.36 bits per heavy atom. The highest BCUT2D eigenvalue weighted by Crippen LogP contribution is 2.29. The van der Waals surface area contributed by atoms with E-state index in [0.717, 1.165) is 0 Å². The Bertz CT molecular complexity index is 1130. The summed E-state index contributed by atoms with van der Waals surface area (Å²) in [6.07, 6.45) is 0. The van der Waals surface area contributed by atoms with Crippen LogP contribution in [0.4, 0.5) is 5.69 Å². The number of nitrogens with two attached hydrogens (primary N) is 1. The number of hydrogen-bond acceptors (Lipinski definition) is 4. The van der Waals surface area contributed by atoms with Gasteiger partial charge in [0.15, 0.2) is 0 Å². The number of rotatable bonds is 5. The average molecular weight is 482 g/mol. The van der Waals surface area contributed by atoms with Crippen molar-refractivity contribution in [3.05, 3.63) is 81.8 Å². The van der Waals surface area contributed by atoms with Gasteiger partial charge in [0.05, 0.1) is 15.5 Å². The minimum Gasteiger partial charge on any atom is -0.456 e. The molecule has 6 nitrogen and oxygen atoms in total. The molecular weight excluding hydrogens is 468 g/mol. The molecule has 0 unspecified atom stereocenters. The molecule has 0 bridgehead atoms. The van der Waals surface area contributed by atoms with Gasteiger partial charge in [-0.2, -0.15) is 0 Å². The zero-order valence-corrected chi connectivity index (χ0v) is 17.4. The Kier molecular flexibility index (Phi) is 6.04. The molecule has 0 spiro atoms. The number of carbonyl (C=O) groups is 1. The third kappa shape index (κ3) is 4.90. The van der Waals surface area contributed by atoms with Crippen LogP contribution in [0.15, 0.2) is 76.1 Å². The highest BCUT2D eigenvalue weighted by Gasteiger charge is 2.16. The molecule has 0 aromatic heterocycles. The first kappa shape index (κ1) is 20.3. The van der Waals surface area contributed by atoms with Crippen molar-refractivity contribution >= 4 is 49.1 Å². The van der Waals surface area contributed by atoms with Crippen LogP contribution < -0.4 is 15.2 Å². The number of halogens is 2. The second-order valence-corrected chi connectivity index (χ2v) is 8.52. The average Bonchev–Trinajstić information content (AvgIpc) is 2.64. The minimum absolute atomic E-state index is 0.142. The lowest BCUT2D eigenvalue weighted by Crippen LogP contribution is -2.16. The fourth-order valence-electron chi connectivity index (χ4n) is 2.31. The maximum atomic E-state index is 12.5. The minimum atomic E-state index is -3.92. The molecule has 3 N–H and O–H groups in total. The fourth-order valence-corrected chi connectivity index (χ4v) is 3.46. The molecule has 0 saturated heterocycles. The van der Waals surface area contributed by atoms with E-state index in [0.29, 0.717) is 26.7 Å². The largest absolute Gasteiger partial charge is 0.456 e. The number of ether oxygens (including phenoxy) is 1. The second kappa shape index (κ2) is 8.32. The van der Waals surface area contributed by atoms with E-state index < -0.39 is 15.9 Å². The maximum Gasteiger partial charge on any atom is 0.256 e. The van der Waals surface area contributed by atoms with E-state index in [1.54, 1.807) is 42.5 Å². The first-order valence-corrected chi connectivity index (χ1v) is 10.6. The van der Waals surface area contributed by atoms with Crippen molar-refractivity contribution < 1.29 is 17.9 Å². The third-order valence-electron chi connectivity index (χ3n) is 3.69. The Morgan fingerprint density at radius 2 is 1.71 bits per heavy atom. The van der Waals surface area contributed by atoms with E-state index in [1.807, 2.05) is 6.07 Å². The molecule has 0 heterocycles. The number of primary sulfonamides is 1. The quantitative estimate of drug-likeness (QED) is 0.547. The Morgan fingerprint density at radius 1 is 1.04 bits per heavy atom. The molecule has 0 radical (unpaired) electrons. The lowest BCUT2D eigenvalue weighted by Gasteiger charge is -2.10. The summed E-state index contributed by atoms with van der Waals surface area (Å²) in [5.41, 5.74) is 0.646. The van der Waals surface area contributed by atoms with Crippen LogP contribution in [-0.4, -0.2) is 14.3 Å². The van der Waals surface area contributed by atoms with Crippen molar-refractivity contribution in [1.29, 1.82) is 0 Å². The molecule has 0 fully saturated rings. The summed E-state index contributed by atoms with van der Waals surface area (Å²) in [4.78, 5) is 12.4. The van der Waals surface area contributed by atoms with Crippen molar-refractivity contribution in [3.63, 3.8) is 0 Å². The molecule has 1 amide bonds. The summed E-state index contributed by atoms with van der Waals surface area (Å²) in [5.74, 6) is 0.574. The summed E-state index contributed by atoms with van der Waals surface area (Å²) in [7, 11) is -3.92. The van der Waals surface area contributed by atoms with Gasteiger partial charge in [0, 0.05) is 10.2 Å². The van der Waals surface area contributed by atoms with E-state index in [9.17, 15) is 13.2 Å². The zero-order valence-electron chi connectivity index (χ0n) is 14.2. The van der Waals surface area contributed by atoms with Crippen LogP contribution in [-0.2, 0) is 10.0 Å². The maximum absolute atomic E-state index is 12.5. The van der Waals surface area contributed by atoms with Gasteiger partial charge >= 0.3 is 0 Å². The molecule has 28 heavy (non-hydrogen) atoms.